The Hall–Kier alpha value is -2.55. The summed E-state index contributed by atoms with van der Waals surface area (Å²) in [7, 11) is 1.44. The quantitative estimate of drug-likeness (QED) is 0.785. The summed E-state index contributed by atoms with van der Waals surface area (Å²) in [5, 5.41) is 17.6. The van der Waals surface area contributed by atoms with Gasteiger partial charge in [-0.15, -0.1) is 0 Å². The highest BCUT2D eigenvalue weighted by Gasteiger charge is 2.13. The molecule has 2 aromatic rings. The average Bonchev–Trinajstić information content (AvgIpc) is 2.71. The van der Waals surface area contributed by atoms with Crippen molar-refractivity contribution < 1.29 is 14.6 Å². The largest absolute Gasteiger partial charge is 0.494 e. The zero-order valence-electron chi connectivity index (χ0n) is 8.31. The van der Waals surface area contributed by atoms with Gasteiger partial charge in [-0.2, -0.15) is 5.26 Å². The van der Waals surface area contributed by atoms with E-state index in [-0.39, 0.29) is 5.82 Å². The summed E-state index contributed by atoms with van der Waals surface area (Å²) in [6.45, 7) is 0. The normalized spacial score (nSPS) is 10.0. The molecule has 0 fully saturated rings. The van der Waals surface area contributed by atoms with Crippen molar-refractivity contribution in [2.45, 2.75) is 0 Å². The molecule has 0 amide bonds. The first-order chi connectivity index (χ1) is 7.65. The Labute approximate surface area is 90.1 Å². The Bertz CT molecular complexity index is 610. The number of hydrogen-bond acceptors (Lipinski definition) is 4. The van der Waals surface area contributed by atoms with Gasteiger partial charge in [0.25, 0.3) is 0 Å². The number of H-pyrrole nitrogens is 1. The van der Waals surface area contributed by atoms with Crippen molar-refractivity contribution in [3.63, 3.8) is 0 Å². The second-order valence-electron chi connectivity index (χ2n) is 3.08. The van der Waals surface area contributed by atoms with Crippen LogP contribution >= 0.6 is 0 Å². The highest BCUT2D eigenvalue weighted by molar-refractivity contribution is 5.91. The average molecular weight is 217 g/mol. The van der Waals surface area contributed by atoms with E-state index in [9.17, 15) is 4.79 Å². The number of nitriles is 1. The molecule has 0 aliphatic heterocycles. The molecule has 16 heavy (non-hydrogen) atoms. The van der Waals surface area contributed by atoms with Crippen LogP contribution in [0.4, 0.5) is 0 Å². The number of nitrogens with zero attached hydrogens (tertiary/aromatic N) is 2. The Kier molecular flexibility index (Phi) is 2.21. The van der Waals surface area contributed by atoms with Gasteiger partial charge in [0.1, 0.15) is 11.3 Å². The topological polar surface area (TPSA) is 99.0 Å². The number of carboxylic acid groups (broad SMARTS) is 1. The summed E-state index contributed by atoms with van der Waals surface area (Å²) in [6.07, 6.45) is 0. The number of carboxylic acids is 1. The van der Waals surface area contributed by atoms with Gasteiger partial charge in [0.2, 0.25) is 5.82 Å². The van der Waals surface area contributed by atoms with Crippen molar-refractivity contribution in [3.8, 4) is 11.8 Å². The number of imidazole rings is 1. The highest BCUT2D eigenvalue weighted by Crippen LogP contribution is 2.25. The Morgan fingerprint density at radius 1 is 1.62 bits per heavy atom. The molecule has 80 valence electrons. The first-order valence-corrected chi connectivity index (χ1v) is 4.37. The number of benzene rings is 1. The third-order valence-corrected chi connectivity index (χ3v) is 2.10. The lowest BCUT2D eigenvalue weighted by molar-refractivity contribution is 0.0685. The zero-order valence-corrected chi connectivity index (χ0v) is 8.31. The SMILES string of the molecule is COc1cc(C#N)cc2[nH]c(C(=O)O)nc12. The molecule has 1 aromatic heterocycles. The van der Waals surface area contributed by atoms with Crippen LogP contribution in [0.1, 0.15) is 16.2 Å². The molecule has 0 radical (unpaired) electrons. The fourth-order valence-corrected chi connectivity index (χ4v) is 1.41. The van der Waals surface area contributed by atoms with Gasteiger partial charge in [-0.1, -0.05) is 0 Å². The molecule has 0 saturated heterocycles. The van der Waals surface area contributed by atoms with Crippen molar-refractivity contribution in [1.82, 2.24) is 9.97 Å². The summed E-state index contributed by atoms with van der Waals surface area (Å²) in [6, 6.07) is 4.99. The molecule has 0 spiro atoms. The lowest BCUT2D eigenvalue weighted by Gasteiger charge is -2.00. The number of rotatable bonds is 2. The van der Waals surface area contributed by atoms with E-state index in [4.69, 9.17) is 15.1 Å². The lowest BCUT2D eigenvalue weighted by atomic mass is 10.2. The van der Waals surface area contributed by atoms with Crippen molar-refractivity contribution in [2.75, 3.05) is 7.11 Å². The van der Waals surface area contributed by atoms with Gasteiger partial charge in [-0.3, -0.25) is 0 Å². The van der Waals surface area contributed by atoms with Crippen LogP contribution in [0.2, 0.25) is 0 Å². The standard InChI is InChI=1S/C10H7N3O3/c1-16-7-3-5(4-11)2-6-8(7)13-9(12-6)10(14)15/h2-3H,1H3,(H,12,13)(H,14,15). The van der Waals surface area contributed by atoms with Crippen LogP contribution in [0.25, 0.3) is 11.0 Å². The van der Waals surface area contributed by atoms with Gasteiger partial charge in [-0.05, 0) is 6.07 Å². The van der Waals surface area contributed by atoms with Gasteiger partial charge in [0.05, 0.1) is 24.3 Å². The molecule has 1 heterocycles. The number of aromatic carboxylic acids is 1. The third kappa shape index (κ3) is 1.44. The molecular weight excluding hydrogens is 210 g/mol. The molecular formula is C10H7N3O3. The monoisotopic (exact) mass is 217 g/mol. The van der Waals surface area contributed by atoms with E-state index >= 15 is 0 Å². The van der Waals surface area contributed by atoms with E-state index in [2.05, 4.69) is 9.97 Å². The molecule has 0 aliphatic rings. The van der Waals surface area contributed by atoms with E-state index < -0.39 is 5.97 Å². The molecule has 0 saturated carbocycles. The molecule has 6 heteroatoms. The fourth-order valence-electron chi connectivity index (χ4n) is 1.41. The predicted octanol–water partition coefficient (Wildman–Crippen LogP) is 1.14. The van der Waals surface area contributed by atoms with E-state index in [0.717, 1.165) is 0 Å². The van der Waals surface area contributed by atoms with Gasteiger partial charge < -0.3 is 14.8 Å². The van der Waals surface area contributed by atoms with Gasteiger partial charge in [0, 0.05) is 6.07 Å². The van der Waals surface area contributed by atoms with Crippen LogP contribution in [0.5, 0.6) is 5.75 Å². The Morgan fingerprint density at radius 2 is 2.38 bits per heavy atom. The first kappa shape index (κ1) is 9.98. The van der Waals surface area contributed by atoms with Crippen LogP contribution < -0.4 is 4.74 Å². The number of aromatic nitrogens is 2. The molecule has 1 aromatic carbocycles. The lowest BCUT2D eigenvalue weighted by Crippen LogP contribution is -1.97. The van der Waals surface area contributed by atoms with Crippen LogP contribution in [0, 0.1) is 11.3 Å². The summed E-state index contributed by atoms with van der Waals surface area (Å²) in [4.78, 5) is 17.2. The maximum atomic E-state index is 10.7. The fraction of sp³-hybridized carbons (Fsp3) is 0.100. The van der Waals surface area contributed by atoms with Crippen LogP contribution in [0.15, 0.2) is 12.1 Å². The summed E-state index contributed by atoms with van der Waals surface area (Å²) >= 11 is 0. The van der Waals surface area contributed by atoms with Crippen LogP contribution in [0.3, 0.4) is 0 Å². The van der Waals surface area contributed by atoms with E-state index in [0.29, 0.717) is 22.3 Å². The van der Waals surface area contributed by atoms with Gasteiger partial charge in [0.15, 0.2) is 0 Å². The van der Waals surface area contributed by atoms with E-state index in [1.165, 1.54) is 19.2 Å². The molecule has 0 bridgehead atoms. The number of nitrogens with one attached hydrogen (secondary N) is 1. The summed E-state index contributed by atoms with van der Waals surface area (Å²) in [5.74, 6) is -0.960. The maximum Gasteiger partial charge on any atom is 0.371 e. The minimum atomic E-state index is -1.16. The highest BCUT2D eigenvalue weighted by atomic mass is 16.5. The van der Waals surface area contributed by atoms with Crippen LogP contribution in [-0.4, -0.2) is 28.2 Å². The summed E-state index contributed by atoms with van der Waals surface area (Å²) < 4.78 is 5.04. The van der Waals surface area contributed by atoms with Crippen molar-refractivity contribution >= 4 is 17.0 Å². The predicted molar refractivity (Wildman–Crippen MR) is 54.3 cm³/mol. The smallest absolute Gasteiger partial charge is 0.371 e. The van der Waals surface area contributed by atoms with E-state index in [1.807, 2.05) is 6.07 Å². The molecule has 0 unspecified atom stereocenters. The number of carbonyl (C=O) groups is 1. The number of ether oxygens (including phenoxy) is 1. The third-order valence-electron chi connectivity index (χ3n) is 2.10. The van der Waals surface area contributed by atoms with Crippen molar-refractivity contribution in [3.05, 3.63) is 23.5 Å². The number of fused-ring (bicyclic) bond motifs is 1. The molecule has 0 aliphatic carbocycles. The van der Waals surface area contributed by atoms with E-state index in [1.54, 1.807) is 0 Å². The number of hydrogen-bond donors (Lipinski definition) is 2. The second kappa shape index (κ2) is 3.55. The van der Waals surface area contributed by atoms with Gasteiger partial charge in [-0.25, -0.2) is 9.78 Å². The van der Waals surface area contributed by atoms with Crippen molar-refractivity contribution in [1.29, 1.82) is 5.26 Å². The molecule has 0 atom stereocenters. The second-order valence-corrected chi connectivity index (χ2v) is 3.08. The Balaban J connectivity index is 2.76. The molecule has 6 nitrogen and oxygen atoms in total. The van der Waals surface area contributed by atoms with Crippen molar-refractivity contribution in [2.24, 2.45) is 0 Å². The number of aromatic amines is 1. The summed E-state index contributed by atoms with van der Waals surface area (Å²) in [5.41, 5.74) is 1.25. The Morgan fingerprint density at radius 3 is 2.94 bits per heavy atom. The zero-order chi connectivity index (χ0) is 11.7. The minimum absolute atomic E-state index is 0.177. The number of methoxy groups -OCH3 is 1. The van der Waals surface area contributed by atoms with Crippen LogP contribution in [-0.2, 0) is 0 Å². The first-order valence-electron chi connectivity index (χ1n) is 4.37. The maximum absolute atomic E-state index is 10.7. The molecule has 2 N–H and O–H groups in total. The minimum Gasteiger partial charge on any atom is -0.494 e. The van der Waals surface area contributed by atoms with Gasteiger partial charge >= 0.3 is 5.97 Å². The molecule has 2 rings (SSSR count).